The lowest BCUT2D eigenvalue weighted by Gasteiger charge is -2.23. The fourth-order valence-corrected chi connectivity index (χ4v) is 5.52. The SMILES string of the molecule is O=C(N[C@H]1C[C@H]2CC[C@@H]1C2)c1cc(NS(=O)(=O)c2ccccc2)ccc1Cl. The lowest BCUT2D eigenvalue weighted by Crippen LogP contribution is -2.38. The van der Waals surface area contributed by atoms with Crippen molar-refractivity contribution < 1.29 is 13.2 Å². The van der Waals surface area contributed by atoms with Crippen LogP contribution in [-0.2, 0) is 10.0 Å². The van der Waals surface area contributed by atoms with Gasteiger partial charge >= 0.3 is 0 Å². The minimum atomic E-state index is -3.72. The molecule has 0 saturated heterocycles. The standard InChI is InChI=1S/C20H21ClN2O3S/c21-18-9-8-15(23-27(25,26)16-4-2-1-3-5-16)12-17(18)20(24)22-19-11-13-6-7-14(19)10-13/h1-5,8-9,12-14,19,23H,6-7,10-11H2,(H,22,24)/t13-,14+,19-/m0/s1. The molecule has 27 heavy (non-hydrogen) atoms. The van der Waals surface area contributed by atoms with Crippen LogP contribution in [0, 0.1) is 11.8 Å². The smallest absolute Gasteiger partial charge is 0.261 e. The molecule has 7 heteroatoms. The second kappa shape index (κ2) is 7.17. The van der Waals surface area contributed by atoms with Crippen LogP contribution in [0.1, 0.15) is 36.0 Å². The molecular weight excluding hydrogens is 384 g/mol. The van der Waals surface area contributed by atoms with Crippen molar-refractivity contribution in [2.24, 2.45) is 11.8 Å². The Hall–Kier alpha value is -2.05. The van der Waals surface area contributed by atoms with Gasteiger partial charge in [-0.05, 0) is 61.4 Å². The first-order chi connectivity index (χ1) is 12.9. The molecule has 3 atom stereocenters. The lowest BCUT2D eigenvalue weighted by molar-refractivity contribution is 0.0923. The molecule has 2 aliphatic carbocycles. The number of halogens is 1. The zero-order valence-electron chi connectivity index (χ0n) is 14.7. The van der Waals surface area contributed by atoms with Gasteiger partial charge in [0.1, 0.15) is 0 Å². The summed E-state index contributed by atoms with van der Waals surface area (Å²) < 4.78 is 27.5. The van der Waals surface area contributed by atoms with Gasteiger partial charge in [0, 0.05) is 11.7 Å². The molecule has 0 aliphatic heterocycles. The first kappa shape index (κ1) is 18.3. The molecule has 2 saturated carbocycles. The molecule has 2 aliphatic rings. The first-order valence-corrected chi connectivity index (χ1v) is 11.0. The number of hydrogen-bond donors (Lipinski definition) is 2. The number of rotatable bonds is 5. The van der Waals surface area contributed by atoms with E-state index < -0.39 is 10.0 Å². The molecule has 1 amide bonds. The summed E-state index contributed by atoms with van der Waals surface area (Å²) in [4.78, 5) is 12.9. The molecule has 4 rings (SSSR count). The number of sulfonamides is 1. The van der Waals surface area contributed by atoms with E-state index in [-0.39, 0.29) is 22.4 Å². The van der Waals surface area contributed by atoms with E-state index in [2.05, 4.69) is 10.0 Å². The van der Waals surface area contributed by atoms with Gasteiger partial charge in [0.25, 0.3) is 15.9 Å². The number of amides is 1. The maximum atomic E-state index is 12.7. The molecule has 2 aromatic carbocycles. The van der Waals surface area contributed by atoms with Crippen molar-refractivity contribution in [2.75, 3.05) is 4.72 Å². The normalized spacial score (nSPS) is 24.0. The third-order valence-corrected chi connectivity index (χ3v) is 7.30. The number of carbonyl (C=O) groups is 1. The Kier molecular flexibility index (Phi) is 4.86. The van der Waals surface area contributed by atoms with Crippen molar-refractivity contribution in [3.05, 3.63) is 59.1 Å². The monoisotopic (exact) mass is 404 g/mol. The molecule has 2 aromatic rings. The van der Waals surface area contributed by atoms with E-state index in [4.69, 9.17) is 11.6 Å². The quantitative estimate of drug-likeness (QED) is 0.789. The van der Waals surface area contributed by atoms with Gasteiger partial charge in [-0.25, -0.2) is 8.42 Å². The minimum absolute atomic E-state index is 0.160. The molecule has 0 spiro atoms. The van der Waals surface area contributed by atoms with Crippen molar-refractivity contribution in [3.63, 3.8) is 0 Å². The highest BCUT2D eigenvalue weighted by Gasteiger charge is 2.40. The van der Waals surface area contributed by atoms with Crippen LogP contribution in [0.4, 0.5) is 5.69 Å². The molecule has 2 bridgehead atoms. The van der Waals surface area contributed by atoms with E-state index in [1.54, 1.807) is 30.3 Å². The van der Waals surface area contributed by atoms with Crippen LogP contribution in [0.2, 0.25) is 5.02 Å². The Morgan fingerprint density at radius 2 is 1.81 bits per heavy atom. The van der Waals surface area contributed by atoms with E-state index in [9.17, 15) is 13.2 Å². The molecule has 0 unspecified atom stereocenters. The van der Waals surface area contributed by atoms with Gasteiger partial charge in [-0.1, -0.05) is 36.2 Å². The van der Waals surface area contributed by atoms with E-state index in [0.29, 0.717) is 16.6 Å². The number of carbonyl (C=O) groups excluding carboxylic acids is 1. The van der Waals surface area contributed by atoms with Crippen LogP contribution in [0.3, 0.4) is 0 Å². The Balaban J connectivity index is 1.52. The van der Waals surface area contributed by atoms with Crippen molar-refractivity contribution in [1.29, 1.82) is 0 Å². The molecular formula is C20H21ClN2O3S. The molecule has 2 fully saturated rings. The summed E-state index contributed by atoms with van der Waals surface area (Å²) in [6.07, 6.45) is 4.64. The van der Waals surface area contributed by atoms with Crippen LogP contribution in [-0.4, -0.2) is 20.4 Å². The molecule has 2 N–H and O–H groups in total. The Labute approximate surface area is 164 Å². The van der Waals surface area contributed by atoms with Crippen molar-refractivity contribution >= 4 is 33.2 Å². The number of nitrogens with one attached hydrogen (secondary N) is 2. The van der Waals surface area contributed by atoms with Gasteiger partial charge < -0.3 is 5.32 Å². The number of hydrogen-bond acceptors (Lipinski definition) is 3. The zero-order valence-corrected chi connectivity index (χ0v) is 16.3. The zero-order chi connectivity index (χ0) is 19.0. The lowest BCUT2D eigenvalue weighted by atomic mass is 9.95. The second-order valence-corrected chi connectivity index (χ2v) is 9.46. The number of fused-ring (bicyclic) bond motifs is 2. The Bertz CT molecular complexity index is 962. The molecule has 142 valence electrons. The Morgan fingerprint density at radius 3 is 2.48 bits per heavy atom. The average Bonchev–Trinajstić information content (AvgIpc) is 3.27. The van der Waals surface area contributed by atoms with Crippen LogP contribution in [0.25, 0.3) is 0 Å². The molecule has 0 radical (unpaired) electrons. The van der Waals surface area contributed by atoms with Gasteiger partial charge in [0.2, 0.25) is 0 Å². The highest BCUT2D eigenvalue weighted by Crippen LogP contribution is 2.44. The topological polar surface area (TPSA) is 75.3 Å². The summed E-state index contributed by atoms with van der Waals surface area (Å²) in [7, 11) is -3.72. The van der Waals surface area contributed by atoms with Gasteiger partial charge in [0.15, 0.2) is 0 Å². The first-order valence-electron chi connectivity index (χ1n) is 9.10. The minimum Gasteiger partial charge on any atom is -0.349 e. The maximum absolute atomic E-state index is 12.7. The number of benzene rings is 2. The van der Waals surface area contributed by atoms with E-state index >= 15 is 0 Å². The highest BCUT2D eigenvalue weighted by molar-refractivity contribution is 7.92. The van der Waals surface area contributed by atoms with Crippen LogP contribution >= 0.6 is 11.6 Å². The van der Waals surface area contributed by atoms with Crippen LogP contribution < -0.4 is 10.0 Å². The van der Waals surface area contributed by atoms with E-state index in [1.807, 2.05) is 0 Å². The van der Waals surface area contributed by atoms with Crippen LogP contribution in [0.15, 0.2) is 53.4 Å². The summed E-state index contributed by atoms with van der Waals surface area (Å²) in [5, 5.41) is 3.39. The second-order valence-electron chi connectivity index (χ2n) is 7.37. The fourth-order valence-electron chi connectivity index (χ4n) is 4.24. The van der Waals surface area contributed by atoms with Gasteiger partial charge in [0.05, 0.1) is 15.5 Å². The Morgan fingerprint density at radius 1 is 1.04 bits per heavy atom. The molecule has 5 nitrogen and oxygen atoms in total. The third kappa shape index (κ3) is 3.82. The predicted molar refractivity (Wildman–Crippen MR) is 105 cm³/mol. The van der Waals surface area contributed by atoms with Crippen LogP contribution in [0.5, 0.6) is 0 Å². The van der Waals surface area contributed by atoms with Crippen molar-refractivity contribution in [1.82, 2.24) is 5.32 Å². The average molecular weight is 405 g/mol. The fraction of sp³-hybridized carbons (Fsp3) is 0.350. The summed E-state index contributed by atoms with van der Waals surface area (Å²) >= 11 is 6.21. The van der Waals surface area contributed by atoms with Crippen molar-refractivity contribution in [3.8, 4) is 0 Å². The van der Waals surface area contributed by atoms with Crippen molar-refractivity contribution in [2.45, 2.75) is 36.6 Å². The largest absolute Gasteiger partial charge is 0.349 e. The molecule has 0 heterocycles. The summed E-state index contributed by atoms with van der Waals surface area (Å²) in [6.45, 7) is 0. The van der Waals surface area contributed by atoms with Gasteiger partial charge in [-0.15, -0.1) is 0 Å². The predicted octanol–water partition coefficient (Wildman–Crippen LogP) is 4.06. The number of anilines is 1. The third-order valence-electron chi connectivity index (χ3n) is 5.57. The van der Waals surface area contributed by atoms with Gasteiger partial charge in [-0.3, -0.25) is 9.52 Å². The highest BCUT2D eigenvalue weighted by atomic mass is 35.5. The maximum Gasteiger partial charge on any atom is 0.261 e. The van der Waals surface area contributed by atoms with E-state index in [0.717, 1.165) is 12.3 Å². The van der Waals surface area contributed by atoms with E-state index in [1.165, 1.54) is 37.5 Å². The summed E-state index contributed by atoms with van der Waals surface area (Å²) in [6, 6.07) is 12.9. The molecule has 0 aromatic heterocycles. The summed E-state index contributed by atoms with van der Waals surface area (Å²) in [5.74, 6) is 1.02. The van der Waals surface area contributed by atoms with Gasteiger partial charge in [-0.2, -0.15) is 0 Å². The summed E-state index contributed by atoms with van der Waals surface area (Å²) in [5.41, 5.74) is 0.592.